The van der Waals surface area contributed by atoms with Crippen LogP contribution in [0.3, 0.4) is 0 Å². The third kappa shape index (κ3) is 4.38. The minimum atomic E-state index is -0.573. The summed E-state index contributed by atoms with van der Waals surface area (Å²) in [5.41, 5.74) is 6.84. The number of aliphatic hydroxyl groups is 1. The Bertz CT molecular complexity index is 365. The highest BCUT2D eigenvalue weighted by Crippen LogP contribution is 2.30. The zero-order valence-electron chi connectivity index (χ0n) is 9.52. The number of rotatable bonds is 3. The fourth-order valence-electron chi connectivity index (χ4n) is 1.39. The Kier molecular flexibility index (Phi) is 7.62. The Morgan fingerprint density at radius 2 is 1.59 bits per heavy atom. The van der Waals surface area contributed by atoms with Gasteiger partial charge in [0.25, 0.3) is 0 Å². The summed E-state index contributed by atoms with van der Waals surface area (Å²) in [6, 6.07) is 3.21. The second kappa shape index (κ2) is 7.32. The summed E-state index contributed by atoms with van der Waals surface area (Å²) in [5.74, 6) is 0.385. The maximum Gasteiger partial charge on any atom is 0.142 e. The Morgan fingerprint density at radius 1 is 1.18 bits per heavy atom. The van der Waals surface area contributed by atoms with Crippen LogP contribution in [-0.2, 0) is 0 Å². The second-order valence-corrected chi connectivity index (χ2v) is 6.42. The number of phenolic OH excluding ortho intramolecular Hbond substituents is 1. The van der Waals surface area contributed by atoms with Gasteiger partial charge in [-0.3, -0.25) is 0 Å². The molecule has 0 fully saturated rings. The van der Waals surface area contributed by atoms with Crippen molar-refractivity contribution in [1.82, 2.24) is 0 Å². The van der Waals surface area contributed by atoms with Gasteiger partial charge >= 0.3 is 0 Å². The van der Waals surface area contributed by atoms with E-state index in [1.807, 2.05) is 26.0 Å². The maximum atomic E-state index is 9.91. The molecule has 1 rings (SSSR count). The lowest BCUT2D eigenvalue weighted by molar-refractivity contribution is 0.0979. The molecule has 6 heteroatoms. The van der Waals surface area contributed by atoms with Gasteiger partial charge in [-0.15, -0.1) is 12.4 Å². The number of hydrogen-bond donors (Lipinski definition) is 3. The third-order valence-electron chi connectivity index (χ3n) is 2.48. The van der Waals surface area contributed by atoms with Crippen molar-refractivity contribution in [3.63, 3.8) is 0 Å². The molecule has 0 radical (unpaired) electrons. The van der Waals surface area contributed by atoms with Gasteiger partial charge in [-0.25, -0.2) is 0 Å². The van der Waals surface area contributed by atoms with Crippen molar-refractivity contribution >= 4 is 57.6 Å². The Hall–Kier alpha value is 0.690. The van der Waals surface area contributed by atoms with Crippen LogP contribution in [0.4, 0.5) is 0 Å². The quantitative estimate of drug-likeness (QED) is 0.579. The van der Waals surface area contributed by atoms with Gasteiger partial charge in [0.2, 0.25) is 0 Å². The van der Waals surface area contributed by atoms with Gasteiger partial charge in [-0.1, -0.05) is 13.8 Å². The van der Waals surface area contributed by atoms with Crippen molar-refractivity contribution in [2.24, 2.45) is 11.7 Å². The average molecular weight is 484 g/mol. The fraction of sp³-hybridized carbons (Fsp3) is 0.455. The van der Waals surface area contributed by atoms with E-state index in [-0.39, 0.29) is 24.1 Å². The van der Waals surface area contributed by atoms with Crippen LogP contribution in [0.15, 0.2) is 12.1 Å². The molecule has 1 aromatic rings. The first-order chi connectivity index (χ1) is 7.34. The zero-order valence-corrected chi connectivity index (χ0v) is 14.7. The standard InChI is InChI=1S/C11H15I2NO2.ClH/c1-5(2)10(15)9(14)6-3-7(12)11(16)8(13)4-6;/h3-5,9-10,15-16H,14H2,1-2H3;1H/t9-,10+;/m0./s1. The molecule has 0 aliphatic rings. The van der Waals surface area contributed by atoms with Gasteiger partial charge in [-0.05, 0) is 68.8 Å². The number of phenols is 1. The summed E-state index contributed by atoms with van der Waals surface area (Å²) in [4.78, 5) is 0. The van der Waals surface area contributed by atoms with E-state index < -0.39 is 12.1 Å². The van der Waals surface area contributed by atoms with Gasteiger partial charge in [0, 0.05) is 0 Å². The first kappa shape index (κ1) is 17.7. The van der Waals surface area contributed by atoms with E-state index in [0.29, 0.717) is 0 Å². The molecule has 0 bridgehead atoms. The van der Waals surface area contributed by atoms with Crippen LogP contribution < -0.4 is 5.73 Å². The molecule has 0 unspecified atom stereocenters. The number of hydrogen-bond acceptors (Lipinski definition) is 3. The summed E-state index contributed by atoms with van der Waals surface area (Å²) < 4.78 is 1.51. The summed E-state index contributed by atoms with van der Waals surface area (Å²) >= 11 is 4.12. The Labute approximate surface area is 135 Å². The van der Waals surface area contributed by atoms with Crippen LogP contribution >= 0.6 is 57.6 Å². The summed E-state index contributed by atoms with van der Waals surface area (Å²) in [5, 5.41) is 19.5. The first-order valence-corrected chi connectivity index (χ1v) is 7.12. The van der Waals surface area contributed by atoms with E-state index in [0.717, 1.165) is 12.7 Å². The van der Waals surface area contributed by atoms with Crippen molar-refractivity contribution in [3.8, 4) is 5.75 Å². The predicted octanol–water partition coefficient (Wildman–Crippen LogP) is 3.04. The van der Waals surface area contributed by atoms with E-state index in [1.54, 1.807) is 0 Å². The van der Waals surface area contributed by atoms with E-state index in [9.17, 15) is 10.2 Å². The first-order valence-electron chi connectivity index (χ1n) is 4.96. The van der Waals surface area contributed by atoms with Crippen LogP contribution in [0.2, 0.25) is 0 Å². The van der Waals surface area contributed by atoms with E-state index >= 15 is 0 Å². The summed E-state index contributed by atoms with van der Waals surface area (Å²) in [7, 11) is 0. The van der Waals surface area contributed by atoms with E-state index in [2.05, 4.69) is 45.2 Å². The van der Waals surface area contributed by atoms with E-state index in [1.165, 1.54) is 0 Å². The van der Waals surface area contributed by atoms with E-state index in [4.69, 9.17) is 5.73 Å². The predicted molar refractivity (Wildman–Crippen MR) is 88.6 cm³/mol. The highest BCUT2D eigenvalue weighted by atomic mass is 127. The molecule has 2 atom stereocenters. The number of halogens is 3. The molecule has 0 saturated heterocycles. The van der Waals surface area contributed by atoms with Crippen molar-refractivity contribution in [2.75, 3.05) is 0 Å². The topological polar surface area (TPSA) is 66.5 Å². The summed E-state index contributed by atoms with van der Waals surface area (Å²) in [6.07, 6.45) is -0.573. The van der Waals surface area contributed by atoms with Crippen molar-refractivity contribution in [3.05, 3.63) is 24.8 Å². The number of benzene rings is 1. The van der Waals surface area contributed by atoms with Crippen molar-refractivity contribution in [1.29, 1.82) is 0 Å². The molecule has 0 saturated carbocycles. The average Bonchev–Trinajstić information content (AvgIpc) is 2.22. The Morgan fingerprint density at radius 3 is 1.94 bits per heavy atom. The smallest absolute Gasteiger partial charge is 0.142 e. The lowest BCUT2D eigenvalue weighted by Gasteiger charge is -2.23. The van der Waals surface area contributed by atoms with Gasteiger partial charge < -0.3 is 15.9 Å². The number of aliphatic hydroxyl groups excluding tert-OH is 1. The molecule has 4 N–H and O–H groups in total. The maximum absolute atomic E-state index is 9.91. The monoisotopic (exact) mass is 483 g/mol. The molecule has 0 heterocycles. The zero-order chi connectivity index (χ0) is 12.5. The molecule has 3 nitrogen and oxygen atoms in total. The van der Waals surface area contributed by atoms with Crippen LogP contribution in [-0.4, -0.2) is 16.3 Å². The molecule has 98 valence electrons. The van der Waals surface area contributed by atoms with Crippen molar-refractivity contribution in [2.45, 2.75) is 26.0 Å². The summed E-state index contributed by atoms with van der Waals surface area (Å²) in [6.45, 7) is 3.86. The van der Waals surface area contributed by atoms with Crippen LogP contribution in [0.1, 0.15) is 25.5 Å². The second-order valence-electron chi connectivity index (χ2n) is 4.09. The molecule has 1 aromatic carbocycles. The normalized spacial score (nSPS) is 14.3. The minimum absolute atomic E-state index is 0. The van der Waals surface area contributed by atoms with Crippen LogP contribution in [0.5, 0.6) is 5.75 Å². The van der Waals surface area contributed by atoms with Gasteiger partial charge in [0.1, 0.15) is 5.75 Å². The largest absolute Gasteiger partial charge is 0.506 e. The molecular weight excluding hydrogens is 467 g/mol. The van der Waals surface area contributed by atoms with Crippen LogP contribution in [0, 0.1) is 13.1 Å². The molecule has 0 aromatic heterocycles. The Balaban J connectivity index is 0.00000256. The highest BCUT2D eigenvalue weighted by Gasteiger charge is 2.21. The molecule has 17 heavy (non-hydrogen) atoms. The molecule has 0 amide bonds. The number of aromatic hydroxyl groups is 1. The molecular formula is C11H16ClI2NO2. The van der Waals surface area contributed by atoms with Crippen LogP contribution in [0.25, 0.3) is 0 Å². The lowest BCUT2D eigenvalue weighted by Crippen LogP contribution is -2.30. The lowest BCUT2D eigenvalue weighted by atomic mass is 9.94. The fourth-order valence-corrected chi connectivity index (χ4v) is 3.21. The SMILES string of the molecule is CC(C)[C@@H](O)[C@@H](N)c1cc(I)c(O)c(I)c1.Cl. The molecule has 0 aliphatic carbocycles. The van der Waals surface area contributed by atoms with Gasteiger partial charge in [0.15, 0.2) is 0 Å². The van der Waals surface area contributed by atoms with Gasteiger partial charge in [-0.2, -0.15) is 0 Å². The third-order valence-corrected chi connectivity index (χ3v) is 4.12. The van der Waals surface area contributed by atoms with Gasteiger partial charge in [0.05, 0.1) is 19.3 Å². The highest BCUT2D eigenvalue weighted by molar-refractivity contribution is 14.1. The molecule has 0 aliphatic heterocycles. The number of nitrogens with two attached hydrogens (primary N) is 1. The molecule has 0 spiro atoms. The minimum Gasteiger partial charge on any atom is -0.506 e. The van der Waals surface area contributed by atoms with Crippen molar-refractivity contribution < 1.29 is 10.2 Å².